The molecule has 1 saturated heterocycles. The molecule has 1 fully saturated rings. The normalized spacial score (nSPS) is 28.7. The number of hydrogen-bond acceptors (Lipinski definition) is 5. The van der Waals surface area contributed by atoms with Crippen molar-refractivity contribution in [2.75, 3.05) is 13.7 Å². The Morgan fingerprint density at radius 3 is 2.38 bits per heavy atom. The van der Waals surface area contributed by atoms with Gasteiger partial charge in [-0.05, 0) is 70.3 Å². The van der Waals surface area contributed by atoms with Crippen LogP contribution in [0.1, 0.15) is 93.6 Å². The van der Waals surface area contributed by atoms with Gasteiger partial charge in [0.2, 0.25) is 0 Å². The van der Waals surface area contributed by atoms with Gasteiger partial charge in [0, 0.05) is 6.42 Å². The van der Waals surface area contributed by atoms with Gasteiger partial charge < -0.3 is 35.2 Å². The summed E-state index contributed by atoms with van der Waals surface area (Å²) in [6, 6.07) is -0.498. The van der Waals surface area contributed by atoms with Crippen LogP contribution in [0, 0.1) is 37.5 Å². The minimum atomic E-state index is -1.13. The number of carbonyl (C=O) groups is 2. The number of hydrogen-bond donors (Lipinski definition) is 1. The minimum Gasteiger partial charge on any atom is -0.681 e. The number of carbonyl (C=O) groups excluding carboxylic acids is 2. The van der Waals surface area contributed by atoms with E-state index in [4.69, 9.17) is 30.1 Å². The molecule has 0 radical (unpaired) electrons. The average molecular weight is 649 g/mol. The van der Waals surface area contributed by atoms with Crippen LogP contribution in [-0.2, 0) is 25.5 Å². The molecule has 0 aromatic carbocycles. The van der Waals surface area contributed by atoms with E-state index in [1.54, 1.807) is 6.92 Å². The molecule has 4 aliphatic rings. The number of nitrogens with zero attached hydrogens (tertiary/aromatic N) is 4. The zero-order chi connectivity index (χ0) is 33.0. The Labute approximate surface area is 293 Å². The van der Waals surface area contributed by atoms with Gasteiger partial charge in [-0.15, -0.1) is 27.8 Å². The molecule has 3 aliphatic heterocycles. The van der Waals surface area contributed by atoms with Crippen LogP contribution in [0.15, 0.2) is 28.7 Å². The summed E-state index contributed by atoms with van der Waals surface area (Å²) in [5, 5.41) is 23.5. The summed E-state index contributed by atoms with van der Waals surface area (Å²) in [7, 11) is 1.34. The van der Waals surface area contributed by atoms with Gasteiger partial charge in [-0.3, -0.25) is 9.59 Å². The van der Waals surface area contributed by atoms with Gasteiger partial charge >= 0.3 is 35.0 Å². The third kappa shape index (κ3) is 5.80. The van der Waals surface area contributed by atoms with Crippen LogP contribution in [-0.4, -0.2) is 59.9 Å². The first-order valence-electron chi connectivity index (χ1n) is 16.6. The van der Waals surface area contributed by atoms with Gasteiger partial charge in [-0.25, -0.2) is 0 Å². The van der Waals surface area contributed by atoms with Crippen molar-refractivity contribution in [3.05, 3.63) is 83.7 Å². The summed E-state index contributed by atoms with van der Waals surface area (Å²) >= 11 is 0. The van der Waals surface area contributed by atoms with Crippen molar-refractivity contribution >= 4 is 52.7 Å². The maximum Gasteiger partial charge on any atom is 2.00 e. The second-order valence-corrected chi connectivity index (χ2v) is 12.9. The van der Waals surface area contributed by atoms with E-state index in [9.17, 15) is 14.7 Å². The Bertz CT molecular complexity index is 1810. The molecule has 6 rings (SSSR count). The van der Waals surface area contributed by atoms with Gasteiger partial charge in [0.05, 0.1) is 19.8 Å². The summed E-state index contributed by atoms with van der Waals surface area (Å²) < 4.78 is 10.5. The molecule has 0 amide bonds. The first-order chi connectivity index (χ1) is 22.0. The standard InChI is InChI=1S/C37H44N4O5.Mg/c1-9-21-17(4)24-14-26-19(6)23(12-13-30(42)46-11-3)34(40-26)32-33(37(44)45-8)36(43)31-20(7)27(41-35(31)32)16-29-22(10-2)18(5)25(39-29)15-28(21)38-24;/h14-16,19,21,23,33-34,36,43H,9-13H2,1-8H3;/q-4;+2/b26-14-,27-16-,28-15-;/t19-,21-,23-,33+,34?,36+;/m0./s1. The number of rotatable bonds is 7. The summed E-state index contributed by atoms with van der Waals surface area (Å²) in [6.07, 6.45) is 7.51. The van der Waals surface area contributed by atoms with Crippen molar-refractivity contribution in [3.8, 4) is 0 Å². The van der Waals surface area contributed by atoms with E-state index < -0.39 is 24.0 Å². The fourth-order valence-corrected chi connectivity index (χ4v) is 8.00. The molecule has 8 bridgehead atoms. The molecule has 0 spiro atoms. The van der Waals surface area contributed by atoms with E-state index in [1.165, 1.54) is 12.7 Å². The predicted octanol–water partition coefficient (Wildman–Crippen LogP) is 4.49. The minimum absolute atomic E-state index is 0. The molecule has 10 heteroatoms. The topological polar surface area (TPSA) is 129 Å². The molecule has 2 aromatic heterocycles. The fourth-order valence-electron chi connectivity index (χ4n) is 8.00. The number of esters is 2. The number of methoxy groups -OCH3 is 1. The summed E-state index contributed by atoms with van der Waals surface area (Å²) in [4.78, 5) is 36.1. The van der Waals surface area contributed by atoms with Crippen LogP contribution < -0.4 is 20.7 Å². The molecule has 9 nitrogen and oxygen atoms in total. The van der Waals surface area contributed by atoms with Crippen molar-refractivity contribution in [3.63, 3.8) is 0 Å². The molecule has 2 aromatic rings. The molecule has 0 saturated carbocycles. The van der Waals surface area contributed by atoms with Gasteiger partial charge in [-0.2, -0.15) is 11.4 Å². The number of aromatic nitrogens is 2. The number of ether oxygens (including phenoxy) is 2. The second-order valence-electron chi connectivity index (χ2n) is 12.9. The first-order valence-corrected chi connectivity index (χ1v) is 16.6. The van der Waals surface area contributed by atoms with Gasteiger partial charge in [0.1, 0.15) is 5.92 Å². The third-order valence-electron chi connectivity index (χ3n) is 10.6. The molecule has 1 unspecified atom stereocenters. The first kappa shape index (κ1) is 35.1. The second kappa shape index (κ2) is 13.7. The molecule has 5 heterocycles. The summed E-state index contributed by atoms with van der Waals surface area (Å²) in [5.41, 5.74) is 10.0. The van der Waals surface area contributed by atoms with Gasteiger partial charge in [0.25, 0.3) is 0 Å². The zero-order valence-corrected chi connectivity index (χ0v) is 30.2. The van der Waals surface area contributed by atoms with Crippen molar-refractivity contribution < 1.29 is 24.2 Å². The Kier molecular flexibility index (Phi) is 10.2. The number of fused-ring (bicyclic) bond motifs is 8. The average Bonchev–Trinajstić information content (AvgIpc) is 3.77. The van der Waals surface area contributed by atoms with Crippen LogP contribution in [0.3, 0.4) is 0 Å². The molecular formula is C37H44MgN4O5-2. The van der Waals surface area contributed by atoms with Crippen molar-refractivity contribution in [2.45, 2.75) is 86.3 Å². The fraction of sp³-hybridized carbons (Fsp3) is 0.514. The number of aliphatic hydroxyl groups is 1. The van der Waals surface area contributed by atoms with Crippen LogP contribution >= 0.6 is 0 Å². The van der Waals surface area contributed by atoms with Crippen molar-refractivity contribution in [1.29, 1.82) is 0 Å². The SMILES string of the molecule is CCOC(=O)CC[C@@H]1C2[N-]/C(=C\C3=C(C)[C@H](CC)/C(=C/c4[n-]c(c(CC)c4C)/C=c4\[n-]c5c(c4C)[C@@H](O)[C@H](C(=O)OC)C=52)[N-]3)[C@H]1C.[Mg+2]. The predicted molar refractivity (Wildman–Crippen MR) is 182 cm³/mol. The van der Waals surface area contributed by atoms with E-state index in [2.05, 4.69) is 46.8 Å². The number of allylic oxidation sites excluding steroid dienone is 3. The number of aliphatic hydroxyl groups excluding tert-OH is 1. The molecule has 1 N–H and O–H groups in total. The van der Waals surface area contributed by atoms with E-state index in [-0.39, 0.29) is 53.2 Å². The Hall–Kier alpha value is -3.21. The van der Waals surface area contributed by atoms with Crippen molar-refractivity contribution in [2.24, 2.45) is 23.7 Å². The molecule has 6 atom stereocenters. The molecule has 246 valence electrons. The third-order valence-corrected chi connectivity index (χ3v) is 10.6. The van der Waals surface area contributed by atoms with Gasteiger partial charge in [-0.1, -0.05) is 72.9 Å². The maximum absolute atomic E-state index is 13.4. The molecular weight excluding hydrogens is 605 g/mol. The smallest absolute Gasteiger partial charge is 0.681 e. The molecule has 1 aliphatic carbocycles. The van der Waals surface area contributed by atoms with Crippen LogP contribution in [0.4, 0.5) is 0 Å². The quantitative estimate of drug-likeness (QED) is 0.346. The van der Waals surface area contributed by atoms with Crippen LogP contribution in [0.25, 0.3) is 28.4 Å². The summed E-state index contributed by atoms with van der Waals surface area (Å²) in [5.74, 6) is -1.77. The van der Waals surface area contributed by atoms with E-state index >= 15 is 0 Å². The summed E-state index contributed by atoms with van der Waals surface area (Å²) in [6.45, 7) is 14.7. The largest absolute Gasteiger partial charge is 2.00 e. The Balaban J connectivity index is 0.00000433. The van der Waals surface area contributed by atoms with E-state index in [0.29, 0.717) is 34.9 Å². The van der Waals surface area contributed by atoms with Gasteiger partial charge in [0.15, 0.2) is 0 Å². The van der Waals surface area contributed by atoms with E-state index in [1.807, 2.05) is 13.0 Å². The monoisotopic (exact) mass is 648 g/mol. The van der Waals surface area contributed by atoms with Crippen LogP contribution in [0.5, 0.6) is 0 Å². The zero-order valence-electron chi connectivity index (χ0n) is 28.8. The Morgan fingerprint density at radius 1 is 0.979 bits per heavy atom. The van der Waals surface area contributed by atoms with E-state index in [0.717, 1.165) is 58.0 Å². The Morgan fingerprint density at radius 2 is 1.72 bits per heavy atom. The van der Waals surface area contributed by atoms with Crippen molar-refractivity contribution in [1.82, 2.24) is 9.97 Å². The molecule has 47 heavy (non-hydrogen) atoms. The van der Waals surface area contributed by atoms with Crippen LogP contribution in [0.2, 0.25) is 0 Å². The maximum atomic E-state index is 13.4.